The van der Waals surface area contributed by atoms with Crippen LogP contribution < -0.4 is 5.73 Å². The molecule has 108 valence electrons. The molecular formula is C12H15BrN4O3. The van der Waals surface area contributed by atoms with Crippen LogP contribution in [0.3, 0.4) is 0 Å². The summed E-state index contributed by atoms with van der Waals surface area (Å²) in [5.41, 5.74) is 6.12. The van der Waals surface area contributed by atoms with Gasteiger partial charge in [-0.2, -0.15) is 4.98 Å². The van der Waals surface area contributed by atoms with E-state index >= 15 is 0 Å². The van der Waals surface area contributed by atoms with E-state index in [2.05, 4.69) is 31.0 Å². The zero-order valence-corrected chi connectivity index (χ0v) is 12.4. The van der Waals surface area contributed by atoms with Gasteiger partial charge in [0.05, 0.1) is 19.3 Å². The summed E-state index contributed by atoms with van der Waals surface area (Å²) < 4.78 is 16.5. The molecule has 0 amide bonds. The maximum Gasteiger partial charge on any atom is 0.293 e. The quantitative estimate of drug-likeness (QED) is 0.898. The maximum absolute atomic E-state index is 6.12. The molecule has 3 rings (SSSR count). The Morgan fingerprint density at radius 2 is 2.15 bits per heavy atom. The molecule has 7 nitrogen and oxygen atoms in total. The Morgan fingerprint density at radius 3 is 2.85 bits per heavy atom. The topological polar surface area (TPSA) is 90.5 Å². The molecule has 8 heteroatoms. The van der Waals surface area contributed by atoms with Gasteiger partial charge in [0.25, 0.3) is 5.89 Å². The predicted molar refractivity (Wildman–Crippen MR) is 73.9 cm³/mol. The third-order valence-corrected chi connectivity index (χ3v) is 3.54. The summed E-state index contributed by atoms with van der Waals surface area (Å²) in [6.45, 7) is 3.92. The second kappa shape index (κ2) is 6.04. The molecule has 1 unspecified atom stereocenters. The van der Waals surface area contributed by atoms with Gasteiger partial charge in [-0.1, -0.05) is 5.16 Å². The van der Waals surface area contributed by atoms with Crippen LogP contribution in [0.5, 0.6) is 0 Å². The lowest BCUT2D eigenvalue weighted by Crippen LogP contribution is -2.40. The molecule has 1 saturated heterocycles. The van der Waals surface area contributed by atoms with Crippen molar-refractivity contribution in [3.8, 4) is 11.7 Å². The molecule has 20 heavy (non-hydrogen) atoms. The maximum atomic E-state index is 6.12. The number of morpholine rings is 1. The number of ether oxygens (including phenoxy) is 1. The van der Waals surface area contributed by atoms with Crippen molar-refractivity contribution in [3.63, 3.8) is 0 Å². The van der Waals surface area contributed by atoms with E-state index in [1.807, 2.05) is 0 Å². The molecule has 0 aromatic carbocycles. The fourth-order valence-electron chi connectivity index (χ4n) is 2.06. The van der Waals surface area contributed by atoms with Gasteiger partial charge in [0, 0.05) is 19.6 Å². The molecule has 0 spiro atoms. The molecule has 0 radical (unpaired) electrons. The first-order valence-corrected chi connectivity index (χ1v) is 7.16. The molecule has 0 aliphatic carbocycles. The highest BCUT2D eigenvalue weighted by molar-refractivity contribution is 9.10. The van der Waals surface area contributed by atoms with Gasteiger partial charge < -0.3 is 19.4 Å². The standard InChI is InChI=1S/C12H15BrN4O3/c13-10-2-1-9(19-10)12-15-11(16-20-12)8(14)7-17-3-5-18-6-4-17/h1-2,8H,3-7,14H2. The van der Waals surface area contributed by atoms with Crippen LogP contribution in [-0.4, -0.2) is 47.9 Å². The zero-order chi connectivity index (χ0) is 13.9. The second-order valence-electron chi connectivity index (χ2n) is 4.58. The molecule has 1 atom stereocenters. The Morgan fingerprint density at radius 1 is 1.35 bits per heavy atom. The van der Waals surface area contributed by atoms with Crippen LogP contribution in [0.25, 0.3) is 11.7 Å². The normalized spacial score (nSPS) is 18.3. The molecule has 1 aliphatic heterocycles. The van der Waals surface area contributed by atoms with Crippen molar-refractivity contribution >= 4 is 15.9 Å². The summed E-state index contributed by atoms with van der Waals surface area (Å²) in [4.78, 5) is 6.51. The fourth-order valence-corrected chi connectivity index (χ4v) is 2.36. The molecule has 1 aliphatic rings. The van der Waals surface area contributed by atoms with Crippen LogP contribution >= 0.6 is 15.9 Å². The van der Waals surface area contributed by atoms with Crippen molar-refractivity contribution in [2.45, 2.75) is 6.04 Å². The van der Waals surface area contributed by atoms with Crippen LogP contribution in [0.4, 0.5) is 0 Å². The van der Waals surface area contributed by atoms with E-state index in [1.165, 1.54) is 0 Å². The van der Waals surface area contributed by atoms with E-state index in [0.29, 0.717) is 28.7 Å². The average Bonchev–Trinajstić information content (AvgIpc) is 3.08. The highest BCUT2D eigenvalue weighted by Crippen LogP contribution is 2.24. The van der Waals surface area contributed by atoms with Crippen molar-refractivity contribution in [3.05, 3.63) is 22.6 Å². The summed E-state index contributed by atoms with van der Waals surface area (Å²) in [6, 6.07) is 3.24. The molecule has 2 aromatic rings. The number of hydrogen-bond donors (Lipinski definition) is 1. The molecule has 0 saturated carbocycles. The van der Waals surface area contributed by atoms with E-state index in [-0.39, 0.29) is 6.04 Å². The number of furan rings is 1. The molecular weight excluding hydrogens is 328 g/mol. The van der Waals surface area contributed by atoms with Crippen LogP contribution in [0.2, 0.25) is 0 Å². The highest BCUT2D eigenvalue weighted by Gasteiger charge is 2.20. The highest BCUT2D eigenvalue weighted by atomic mass is 79.9. The number of aromatic nitrogens is 2. The van der Waals surface area contributed by atoms with Gasteiger partial charge in [-0.3, -0.25) is 4.90 Å². The molecule has 3 heterocycles. The lowest BCUT2D eigenvalue weighted by Gasteiger charge is -2.27. The Hall–Kier alpha value is -1.22. The first-order chi connectivity index (χ1) is 9.72. The van der Waals surface area contributed by atoms with Crippen molar-refractivity contribution in [1.29, 1.82) is 0 Å². The van der Waals surface area contributed by atoms with Crippen LogP contribution in [0.1, 0.15) is 11.9 Å². The Balaban J connectivity index is 1.66. The summed E-state index contributed by atoms with van der Waals surface area (Å²) in [5, 5.41) is 3.92. The molecule has 2 N–H and O–H groups in total. The van der Waals surface area contributed by atoms with Crippen molar-refractivity contribution in [1.82, 2.24) is 15.0 Å². The van der Waals surface area contributed by atoms with Crippen molar-refractivity contribution in [2.24, 2.45) is 5.73 Å². The number of nitrogens with two attached hydrogens (primary N) is 1. The van der Waals surface area contributed by atoms with E-state index < -0.39 is 0 Å². The number of halogens is 1. The first kappa shape index (κ1) is 13.7. The van der Waals surface area contributed by atoms with Gasteiger partial charge in [-0.25, -0.2) is 0 Å². The largest absolute Gasteiger partial charge is 0.444 e. The van der Waals surface area contributed by atoms with E-state index in [4.69, 9.17) is 19.4 Å². The van der Waals surface area contributed by atoms with Crippen LogP contribution in [0.15, 0.2) is 25.7 Å². The monoisotopic (exact) mass is 342 g/mol. The first-order valence-electron chi connectivity index (χ1n) is 6.37. The number of nitrogens with zero attached hydrogens (tertiary/aromatic N) is 3. The Labute approximate surface area is 124 Å². The number of rotatable bonds is 4. The minimum Gasteiger partial charge on any atom is -0.444 e. The van der Waals surface area contributed by atoms with Crippen molar-refractivity contribution < 1.29 is 13.7 Å². The second-order valence-corrected chi connectivity index (χ2v) is 5.36. The fraction of sp³-hybridized carbons (Fsp3) is 0.500. The van der Waals surface area contributed by atoms with Gasteiger partial charge in [0.2, 0.25) is 0 Å². The van der Waals surface area contributed by atoms with Crippen molar-refractivity contribution in [2.75, 3.05) is 32.8 Å². The van der Waals surface area contributed by atoms with E-state index in [9.17, 15) is 0 Å². The summed E-state index contributed by atoms with van der Waals surface area (Å²) in [7, 11) is 0. The summed E-state index contributed by atoms with van der Waals surface area (Å²) in [6.07, 6.45) is 0. The minimum absolute atomic E-state index is 0.288. The van der Waals surface area contributed by atoms with E-state index in [0.717, 1.165) is 26.3 Å². The third kappa shape index (κ3) is 3.09. The lowest BCUT2D eigenvalue weighted by atomic mass is 10.2. The Bertz CT molecular complexity index is 565. The lowest BCUT2D eigenvalue weighted by molar-refractivity contribution is 0.0348. The van der Waals surface area contributed by atoms with Crippen LogP contribution in [0, 0.1) is 0 Å². The molecule has 2 aromatic heterocycles. The van der Waals surface area contributed by atoms with Crippen LogP contribution in [-0.2, 0) is 4.74 Å². The number of hydrogen-bond acceptors (Lipinski definition) is 7. The third-order valence-electron chi connectivity index (χ3n) is 3.12. The Kier molecular flexibility index (Phi) is 4.16. The van der Waals surface area contributed by atoms with Gasteiger partial charge >= 0.3 is 0 Å². The van der Waals surface area contributed by atoms with Gasteiger partial charge in [0.1, 0.15) is 0 Å². The summed E-state index contributed by atoms with van der Waals surface area (Å²) in [5.74, 6) is 1.34. The van der Waals surface area contributed by atoms with Gasteiger partial charge in [-0.15, -0.1) is 0 Å². The van der Waals surface area contributed by atoms with Gasteiger partial charge in [-0.05, 0) is 28.1 Å². The molecule has 0 bridgehead atoms. The predicted octanol–water partition coefficient (Wildman–Crippen LogP) is 1.42. The minimum atomic E-state index is -0.288. The average molecular weight is 343 g/mol. The zero-order valence-electron chi connectivity index (χ0n) is 10.8. The van der Waals surface area contributed by atoms with E-state index in [1.54, 1.807) is 12.1 Å². The smallest absolute Gasteiger partial charge is 0.293 e. The SMILES string of the molecule is NC(CN1CCOCC1)c1noc(-c2ccc(Br)o2)n1. The summed E-state index contributed by atoms with van der Waals surface area (Å²) >= 11 is 3.23. The molecule has 1 fully saturated rings. The van der Waals surface area contributed by atoms with Gasteiger partial charge in [0.15, 0.2) is 16.3 Å².